The van der Waals surface area contributed by atoms with Crippen molar-refractivity contribution in [3.05, 3.63) is 72.1 Å². The number of ether oxygens (including phenoxy) is 1. The second-order valence-electron chi connectivity index (χ2n) is 6.87. The van der Waals surface area contributed by atoms with Gasteiger partial charge in [0, 0.05) is 29.6 Å². The third-order valence-electron chi connectivity index (χ3n) is 4.77. The first kappa shape index (κ1) is 19.4. The highest BCUT2D eigenvalue weighted by Crippen LogP contribution is 2.25. The number of hydrogen-bond donors (Lipinski definition) is 0. The van der Waals surface area contributed by atoms with Crippen molar-refractivity contribution < 1.29 is 9.26 Å². The van der Waals surface area contributed by atoms with Gasteiger partial charge in [-0.15, -0.1) is 5.10 Å². The number of tetrazole rings is 1. The lowest BCUT2D eigenvalue weighted by molar-refractivity contribution is 0.277. The van der Waals surface area contributed by atoms with Gasteiger partial charge in [0.1, 0.15) is 5.69 Å². The predicted octanol–water partition coefficient (Wildman–Crippen LogP) is 2.76. The Balaban J connectivity index is 1.48. The Morgan fingerprint density at radius 3 is 2.66 bits per heavy atom. The van der Waals surface area contributed by atoms with E-state index in [-0.39, 0.29) is 6.61 Å². The van der Waals surface area contributed by atoms with E-state index in [2.05, 4.69) is 40.6 Å². The quantitative estimate of drug-likeness (QED) is 0.398. The molecule has 158 valence electrons. The van der Waals surface area contributed by atoms with Gasteiger partial charge in [-0.25, -0.2) is 9.97 Å². The number of nitrogens with zero attached hydrogens (tertiary/aromatic N) is 9. The van der Waals surface area contributed by atoms with Crippen LogP contribution in [0.2, 0.25) is 0 Å². The van der Waals surface area contributed by atoms with Crippen molar-refractivity contribution in [3.8, 4) is 34.5 Å². The molecule has 11 nitrogen and oxygen atoms in total. The van der Waals surface area contributed by atoms with Crippen LogP contribution in [0.15, 0.2) is 59.5 Å². The molecule has 0 atom stereocenters. The molecule has 0 fully saturated rings. The van der Waals surface area contributed by atoms with Crippen molar-refractivity contribution in [2.45, 2.75) is 20.5 Å². The minimum absolute atomic E-state index is 0.0529. The lowest BCUT2D eigenvalue weighted by atomic mass is 10.1. The molecule has 4 aromatic heterocycles. The molecule has 0 aliphatic carbocycles. The molecule has 0 radical (unpaired) electrons. The zero-order chi connectivity index (χ0) is 21.9. The van der Waals surface area contributed by atoms with Gasteiger partial charge in [-0.1, -0.05) is 35.5 Å². The topological polar surface area (TPSA) is 130 Å². The fourth-order valence-corrected chi connectivity index (χ4v) is 2.98. The van der Waals surface area contributed by atoms with Gasteiger partial charge >= 0.3 is 0 Å². The van der Waals surface area contributed by atoms with Crippen molar-refractivity contribution in [1.29, 1.82) is 0 Å². The molecular formula is C21H17N9O2. The van der Waals surface area contributed by atoms with E-state index in [0.717, 1.165) is 16.8 Å². The molecule has 0 amide bonds. The van der Waals surface area contributed by atoms with Gasteiger partial charge in [0.05, 0.1) is 17.6 Å². The lowest BCUT2D eigenvalue weighted by Gasteiger charge is -2.09. The number of rotatable bonds is 6. The maximum atomic E-state index is 5.96. The summed E-state index contributed by atoms with van der Waals surface area (Å²) in [7, 11) is 0. The molecule has 0 aliphatic heterocycles. The van der Waals surface area contributed by atoms with Gasteiger partial charge in [0.15, 0.2) is 18.3 Å². The van der Waals surface area contributed by atoms with Gasteiger partial charge in [-0.2, -0.15) is 9.67 Å². The number of hydrogen-bond acceptors (Lipinski definition) is 10. The van der Waals surface area contributed by atoms with Crippen molar-refractivity contribution >= 4 is 0 Å². The molecule has 4 heterocycles. The first-order valence-corrected chi connectivity index (χ1v) is 9.73. The Labute approximate surface area is 182 Å². The van der Waals surface area contributed by atoms with Gasteiger partial charge in [0.2, 0.25) is 5.88 Å². The second-order valence-corrected chi connectivity index (χ2v) is 6.87. The van der Waals surface area contributed by atoms with Crippen LogP contribution < -0.4 is 4.74 Å². The van der Waals surface area contributed by atoms with Crippen LogP contribution >= 0.6 is 0 Å². The molecule has 0 bridgehead atoms. The molecule has 11 heteroatoms. The van der Waals surface area contributed by atoms with Crippen LogP contribution in [0, 0.1) is 13.8 Å². The molecule has 0 saturated carbocycles. The van der Waals surface area contributed by atoms with Gasteiger partial charge in [-0.3, -0.25) is 4.98 Å². The van der Waals surface area contributed by atoms with Crippen LogP contribution in [0.3, 0.4) is 0 Å². The highest BCUT2D eigenvalue weighted by molar-refractivity contribution is 5.63. The molecule has 0 unspecified atom stereocenters. The van der Waals surface area contributed by atoms with Crippen LogP contribution in [-0.2, 0) is 6.61 Å². The summed E-state index contributed by atoms with van der Waals surface area (Å²) in [5.41, 5.74) is 3.75. The fraction of sp³-hybridized carbons (Fsp3) is 0.143. The lowest BCUT2D eigenvalue weighted by Crippen LogP contribution is -2.08. The molecular weight excluding hydrogens is 410 g/mol. The largest absolute Gasteiger partial charge is 0.469 e. The zero-order valence-electron chi connectivity index (χ0n) is 17.2. The predicted molar refractivity (Wildman–Crippen MR) is 112 cm³/mol. The summed E-state index contributed by atoms with van der Waals surface area (Å²) in [5.74, 6) is 1.62. The Bertz CT molecular complexity index is 1290. The second kappa shape index (κ2) is 8.30. The maximum Gasteiger partial charge on any atom is 0.258 e. The molecule has 5 rings (SSSR count). The normalized spacial score (nSPS) is 10.9. The zero-order valence-corrected chi connectivity index (χ0v) is 17.2. The van der Waals surface area contributed by atoms with E-state index in [1.807, 2.05) is 44.2 Å². The summed E-state index contributed by atoms with van der Waals surface area (Å²) in [4.78, 5) is 17.5. The molecule has 1 aromatic carbocycles. The van der Waals surface area contributed by atoms with Crippen LogP contribution in [-0.4, -0.2) is 45.3 Å². The monoisotopic (exact) mass is 427 g/mol. The molecule has 0 N–H and O–H groups in total. The molecule has 0 saturated heterocycles. The Morgan fingerprint density at radius 1 is 1.03 bits per heavy atom. The highest BCUT2D eigenvalue weighted by atomic mass is 16.5. The van der Waals surface area contributed by atoms with Gasteiger partial charge in [0.25, 0.3) is 5.88 Å². The van der Waals surface area contributed by atoms with Crippen LogP contribution in [0.1, 0.15) is 17.1 Å². The van der Waals surface area contributed by atoms with Crippen molar-refractivity contribution in [2.75, 3.05) is 0 Å². The first-order chi connectivity index (χ1) is 15.7. The molecule has 0 aliphatic rings. The Kier molecular flexibility index (Phi) is 5.04. The minimum Gasteiger partial charge on any atom is -0.469 e. The average Bonchev–Trinajstić information content (AvgIpc) is 3.44. The van der Waals surface area contributed by atoms with E-state index in [9.17, 15) is 0 Å². The summed E-state index contributed by atoms with van der Waals surface area (Å²) < 4.78 is 12.8. The van der Waals surface area contributed by atoms with E-state index in [4.69, 9.17) is 9.26 Å². The maximum absolute atomic E-state index is 5.96. The molecule has 5 aromatic rings. The fourth-order valence-electron chi connectivity index (χ4n) is 2.98. The smallest absolute Gasteiger partial charge is 0.258 e. The summed E-state index contributed by atoms with van der Waals surface area (Å²) in [6.45, 7) is 3.79. The van der Waals surface area contributed by atoms with Crippen LogP contribution in [0.4, 0.5) is 0 Å². The third-order valence-corrected chi connectivity index (χ3v) is 4.77. The van der Waals surface area contributed by atoms with E-state index in [1.165, 1.54) is 4.68 Å². The van der Waals surface area contributed by atoms with E-state index < -0.39 is 0 Å². The van der Waals surface area contributed by atoms with Crippen molar-refractivity contribution in [1.82, 2.24) is 45.3 Å². The van der Waals surface area contributed by atoms with E-state index >= 15 is 0 Å². The van der Waals surface area contributed by atoms with Gasteiger partial charge in [-0.05, 0) is 24.3 Å². The number of benzene rings is 1. The van der Waals surface area contributed by atoms with Crippen LogP contribution in [0.5, 0.6) is 5.88 Å². The summed E-state index contributed by atoms with van der Waals surface area (Å²) in [6.07, 6.45) is 4.78. The van der Waals surface area contributed by atoms with E-state index in [1.54, 1.807) is 24.7 Å². The van der Waals surface area contributed by atoms with Gasteiger partial charge < -0.3 is 9.26 Å². The number of aryl methyl sites for hydroxylation is 1. The Morgan fingerprint density at radius 2 is 1.91 bits per heavy atom. The average molecular weight is 427 g/mol. The highest BCUT2D eigenvalue weighted by Gasteiger charge is 2.18. The molecule has 32 heavy (non-hydrogen) atoms. The van der Waals surface area contributed by atoms with E-state index in [0.29, 0.717) is 34.8 Å². The SMILES string of the molecule is Cc1noc(-n2nnnc2COc2cc(-c3ccccc3)nc(-c3cnccn3)n2)c1C. The first-order valence-electron chi connectivity index (χ1n) is 9.73. The number of aromatic nitrogens is 9. The molecule has 0 spiro atoms. The Hall–Kier alpha value is -4.54. The minimum atomic E-state index is 0.0529. The van der Waals surface area contributed by atoms with Crippen molar-refractivity contribution in [2.24, 2.45) is 0 Å². The standard InChI is InChI=1S/C21H17N9O2/c1-13-14(2)27-32-21(13)30-18(26-28-29-30)12-31-19-10-16(15-6-4-3-5-7-15)24-20(25-19)17-11-22-8-9-23-17/h3-11H,12H2,1-2H3. The third kappa shape index (κ3) is 3.78. The summed E-state index contributed by atoms with van der Waals surface area (Å²) in [6, 6.07) is 11.5. The summed E-state index contributed by atoms with van der Waals surface area (Å²) in [5, 5.41) is 15.7. The summed E-state index contributed by atoms with van der Waals surface area (Å²) >= 11 is 0. The van der Waals surface area contributed by atoms with Crippen LogP contribution in [0.25, 0.3) is 28.7 Å². The van der Waals surface area contributed by atoms with Crippen molar-refractivity contribution in [3.63, 3.8) is 0 Å².